The Kier molecular flexibility index (Phi) is 4.89. The van der Waals surface area contributed by atoms with Crippen molar-refractivity contribution in [2.45, 2.75) is 64.4 Å². The topological polar surface area (TPSA) is 49.3 Å². The van der Waals surface area contributed by atoms with Crippen molar-refractivity contribution in [1.82, 2.24) is 0 Å². The Bertz CT molecular complexity index is 886. The molecular formula is C23H28FNO2. The van der Waals surface area contributed by atoms with Gasteiger partial charge in [-0.15, -0.1) is 0 Å². The van der Waals surface area contributed by atoms with Gasteiger partial charge in [0.25, 0.3) is 5.91 Å². The average Bonchev–Trinajstić information content (AvgIpc) is 2.60. The fourth-order valence-corrected chi connectivity index (χ4v) is 3.85. The van der Waals surface area contributed by atoms with Crippen molar-refractivity contribution in [2.75, 3.05) is 5.32 Å². The molecule has 3 nitrogen and oxygen atoms in total. The van der Waals surface area contributed by atoms with E-state index < -0.39 is 17.8 Å². The van der Waals surface area contributed by atoms with Crippen LogP contribution in [0.4, 0.5) is 10.1 Å². The minimum absolute atomic E-state index is 0.0138. The minimum atomic E-state index is -1.35. The molecular weight excluding hydrogens is 341 g/mol. The number of amides is 1. The zero-order valence-electron chi connectivity index (χ0n) is 16.7. The van der Waals surface area contributed by atoms with Crippen molar-refractivity contribution >= 4 is 11.6 Å². The third-order valence-electron chi connectivity index (χ3n) is 5.82. The maximum absolute atomic E-state index is 14.0. The van der Waals surface area contributed by atoms with E-state index in [1.807, 2.05) is 12.1 Å². The summed E-state index contributed by atoms with van der Waals surface area (Å²) < 4.78 is 14.0. The highest BCUT2D eigenvalue weighted by molar-refractivity contribution is 5.94. The summed E-state index contributed by atoms with van der Waals surface area (Å²) in [6.45, 7) is 10.6. The number of aliphatic hydroxyl groups is 1. The third-order valence-corrected chi connectivity index (χ3v) is 5.82. The number of anilines is 1. The van der Waals surface area contributed by atoms with E-state index in [1.165, 1.54) is 23.3 Å². The number of benzene rings is 2. The molecule has 0 bridgehead atoms. The zero-order valence-corrected chi connectivity index (χ0v) is 16.7. The summed E-state index contributed by atoms with van der Waals surface area (Å²) in [5.41, 5.74) is 3.87. The third kappa shape index (κ3) is 3.77. The highest BCUT2D eigenvalue weighted by Gasteiger charge is 2.37. The van der Waals surface area contributed by atoms with Crippen molar-refractivity contribution in [3.63, 3.8) is 0 Å². The highest BCUT2D eigenvalue weighted by atomic mass is 19.1. The predicted molar refractivity (Wildman–Crippen MR) is 106 cm³/mol. The van der Waals surface area contributed by atoms with Gasteiger partial charge in [0.2, 0.25) is 0 Å². The Hall–Kier alpha value is -2.20. The summed E-state index contributed by atoms with van der Waals surface area (Å²) in [5.74, 6) is -1.14. The number of halogens is 1. The Labute approximate surface area is 160 Å². The fourth-order valence-electron chi connectivity index (χ4n) is 3.85. The van der Waals surface area contributed by atoms with Crippen molar-refractivity contribution in [3.8, 4) is 0 Å². The molecule has 0 fully saturated rings. The number of nitrogens with one attached hydrogen (secondary N) is 1. The van der Waals surface area contributed by atoms with Gasteiger partial charge >= 0.3 is 0 Å². The first-order valence-electron chi connectivity index (χ1n) is 9.41. The summed E-state index contributed by atoms with van der Waals surface area (Å²) in [5, 5.41) is 13.1. The number of hydrogen-bond acceptors (Lipinski definition) is 2. The van der Waals surface area contributed by atoms with E-state index in [9.17, 15) is 14.3 Å². The second-order valence-corrected chi connectivity index (χ2v) is 8.95. The molecule has 27 heavy (non-hydrogen) atoms. The van der Waals surface area contributed by atoms with Crippen LogP contribution in [-0.4, -0.2) is 11.0 Å². The fraction of sp³-hybridized carbons (Fsp3) is 0.435. The molecule has 0 spiro atoms. The number of hydrogen-bond donors (Lipinski definition) is 2. The molecule has 0 saturated carbocycles. The van der Waals surface area contributed by atoms with Gasteiger partial charge in [-0.1, -0.05) is 52.0 Å². The number of carbonyl (C=O) groups excluding carboxylic acids is 1. The Balaban J connectivity index is 1.89. The lowest BCUT2D eigenvalue weighted by Crippen LogP contribution is -2.34. The van der Waals surface area contributed by atoms with E-state index in [-0.39, 0.29) is 16.5 Å². The van der Waals surface area contributed by atoms with Gasteiger partial charge in [0, 0.05) is 0 Å². The summed E-state index contributed by atoms with van der Waals surface area (Å²) in [6.07, 6.45) is 0.798. The molecule has 1 atom stereocenters. The molecule has 0 aromatic heterocycles. The largest absolute Gasteiger partial charge is 0.378 e. The lowest BCUT2D eigenvalue weighted by Gasteiger charge is -2.42. The molecule has 1 aliphatic rings. The molecule has 0 aliphatic heterocycles. The minimum Gasteiger partial charge on any atom is -0.378 e. The van der Waals surface area contributed by atoms with Gasteiger partial charge in [0.15, 0.2) is 6.10 Å². The molecule has 0 heterocycles. The molecule has 0 radical (unpaired) electrons. The van der Waals surface area contributed by atoms with Crippen molar-refractivity contribution in [3.05, 3.63) is 64.5 Å². The number of fused-ring (bicyclic) bond motifs is 1. The van der Waals surface area contributed by atoms with Crippen molar-refractivity contribution in [2.24, 2.45) is 0 Å². The number of aliphatic hydroxyl groups excluding tert-OH is 1. The van der Waals surface area contributed by atoms with Crippen LogP contribution < -0.4 is 5.32 Å². The van der Waals surface area contributed by atoms with E-state index in [4.69, 9.17) is 0 Å². The molecule has 2 aromatic carbocycles. The van der Waals surface area contributed by atoms with Crippen LogP contribution in [0.25, 0.3) is 0 Å². The van der Waals surface area contributed by atoms with Crippen LogP contribution in [-0.2, 0) is 15.6 Å². The average molecular weight is 369 g/mol. The van der Waals surface area contributed by atoms with E-state index >= 15 is 0 Å². The molecule has 2 aromatic rings. The van der Waals surface area contributed by atoms with Gasteiger partial charge in [-0.05, 0) is 65.0 Å². The van der Waals surface area contributed by atoms with E-state index in [0.717, 1.165) is 18.4 Å². The standard InChI is InChI=1S/C23H28FNO2/c1-14-6-9-19(18(24)12-14)25-21(27)20(26)15-7-8-16-17(13-15)23(4,5)11-10-22(16,2)3/h6-9,12-13,20,26H,10-11H2,1-5H3,(H,25,27)/t20-/m1/s1. The zero-order chi connectivity index (χ0) is 20.0. The number of carbonyl (C=O) groups is 1. The van der Waals surface area contributed by atoms with Crippen LogP contribution in [0.1, 0.15) is 68.9 Å². The van der Waals surface area contributed by atoms with Crippen molar-refractivity contribution < 1.29 is 14.3 Å². The first-order chi connectivity index (χ1) is 12.5. The van der Waals surface area contributed by atoms with Crippen LogP contribution in [0.2, 0.25) is 0 Å². The molecule has 4 heteroatoms. The van der Waals surface area contributed by atoms with Gasteiger partial charge in [-0.25, -0.2) is 4.39 Å². The Morgan fingerprint density at radius 3 is 2.30 bits per heavy atom. The molecule has 144 valence electrons. The molecule has 3 rings (SSSR count). The maximum atomic E-state index is 14.0. The lowest BCUT2D eigenvalue weighted by atomic mass is 9.63. The van der Waals surface area contributed by atoms with Gasteiger partial charge in [-0.2, -0.15) is 0 Å². The maximum Gasteiger partial charge on any atom is 0.257 e. The van der Waals surface area contributed by atoms with Crippen molar-refractivity contribution in [1.29, 1.82) is 0 Å². The molecule has 1 aliphatic carbocycles. The van der Waals surface area contributed by atoms with Gasteiger partial charge in [0.1, 0.15) is 5.82 Å². The smallest absolute Gasteiger partial charge is 0.257 e. The summed E-state index contributed by atoms with van der Waals surface area (Å²) >= 11 is 0. The lowest BCUT2D eigenvalue weighted by molar-refractivity contribution is -0.124. The van der Waals surface area contributed by atoms with Crippen LogP contribution in [0, 0.1) is 12.7 Å². The second-order valence-electron chi connectivity index (χ2n) is 8.95. The summed E-state index contributed by atoms with van der Waals surface area (Å²) in [6, 6.07) is 10.3. The van der Waals surface area contributed by atoms with Crippen LogP contribution >= 0.6 is 0 Å². The monoisotopic (exact) mass is 369 g/mol. The SMILES string of the molecule is Cc1ccc(NC(=O)[C@H](O)c2ccc3c(c2)C(C)(C)CCC3(C)C)c(F)c1. The number of rotatable bonds is 3. The Morgan fingerprint density at radius 2 is 1.67 bits per heavy atom. The van der Waals surface area contributed by atoms with E-state index in [2.05, 4.69) is 33.0 Å². The highest BCUT2D eigenvalue weighted by Crippen LogP contribution is 2.46. The summed E-state index contributed by atoms with van der Waals surface area (Å²) in [7, 11) is 0. The summed E-state index contributed by atoms with van der Waals surface area (Å²) in [4.78, 5) is 12.5. The van der Waals surface area contributed by atoms with E-state index in [1.54, 1.807) is 19.1 Å². The van der Waals surface area contributed by atoms with Crippen LogP contribution in [0.15, 0.2) is 36.4 Å². The van der Waals surface area contributed by atoms with Gasteiger partial charge in [-0.3, -0.25) is 4.79 Å². The second kappa shape index (κ2) is 6.75. The molecule has 0 unspecified atom stereocenters. The predicted octanol–water partition coefficient (Wildman–Crippen LogP) is 5.16. The number of aryl methyl sites for hydroxylation is 1. The van der Waals surface area contributed by atoms with Gasteiger partial charge in [0.05, 0.1) is 5.69 Å². The molecule has 1 amide bonds. The first kappa shape index (κ1) is 19.6. The first-order valence-corrected chi connectivity index (χ1v) is 9.41. The van der Waals surface area contributed by atoms with Crippen LogP contribution in [0.5, 0.6) is 0 Å². The molecule has 0 saturated heterocycles. The molecule has 2 N–H and O–H groups in total. The quantitative estimate of drug-likeness (QED) is 0.785. The van der Waals surface area contributed by atoms with Gasteiger partial charge < -0.3 is 10.4 Å². The normalized spacial score (nSPS) is 18.5. The van der Waals surface area contributed by atoms with Crippen LogP contribution in [0.3, 0.4) is 0 Å². The Morgan fingerprint density at radius 1 is 1.04 bits per heavy atom. The van der Waals surface area contributed by atoms with E-state index in [0.29, 0.717) is 5.56 Å².